The number of fused-ring (bicyclic) bond motifs is 1. The third-order valence-corrected chi connectivity index (χ3v) is 5.11. The highest BCUT2D eigenvalue weighted by molar-refractivity contribution is 5.96. The van der Waals surface area contributed by atoms with Crippen molar-refractivity contribution in [2.75, 3.05) is 25.1 Å². The maximum Gasteiger partial charge on any atom is 0.136 e. The van der Waals surface area contributed by atoms with Crippen molar-refractivity contribution in [3.63, 3.8) is 0 Å². The van der Waals surface area contributed by atoms with E-state index < -0.39 is 5.60 Å². The Balaban J connectivity index is 1.66. The molecule has 7 nitrogen and oxygen atoms in total. The largest absolute Gasteiger partial charge is 0.496 e. The second-order valence-corrected chi connectivity index (χ2v) is 6.97. The highest BCUT2D eigenvalue weighted by Gasteiger charge is 2.35. The average Bonchev–Trinajstić information content (AvgIpc) is 3.04. The molecule has 26 heavy (non-hydrogen) atoms. The van der Waals surface area contributed by atoms with Gasteiger partial charge in [0.2, 0.25) is 0 Å². The van der Waals surface area contributed by atoms with Crippen LogP contribution in [0.3, 0.4) is 0 Å². The Morgan fingerprint density at radius 2 is 2.15 bits per heavy atom. The first-order valence-electron chi connectivity index (χ1n) is 8.81. The number of pyridine rings is 1. The van der Waals surface area contributed by atoms with E-state index in [1.165, 1.54) is 0 Å². The third-order valence-electron chi connectivity index (χ3n) is 5.11. The topological polar surface area (TPSA) is 76.3 Å². The minimum atomic E-state index is -0.845. The predicted octanol–water partition coefficient (Wildman–Crippen LogP) is 1.95. The molecule has 0 saturated carbocycles. The van der Waals surface area contributed by atoms with E-state index in [9.17, 15) is 5.11 Å². The van der Waals surface area contributed by atoms with Gasteiger partial charge in [0, 0.05) is 43.5 Å². The molecule has 1 aliphatic rings. The number of aliphatic hydroxyl groups is 1. The summed E-state index contributed by atoms with van der Waals surface area (Å²) in [6.45, 7) is 1.38. The van der Waals surface area contributed by atoms with E-state index in [0.29, 0.717) is 13.0 Å². The van der Waals surface area contributed by atoms with Crippen molar-refractivity contribution in [2.45, 2.75) is 24.9 Å². The normalized spacial score (nSPS) is 20.5. The summed E-state index contributed by atoms with van der Waals surface area (Å²) in [5.41, 5.74) is -0.845. The van der Waals surface area contributed by atoms with Gasteiger partial charge in [-0.3, -0.25) is 0 Å². The smallest absolute Gasteiger partial charge is 0.136 e. The molecular weight excluding hydrogens is 330 g/mol. The first-order valence-corrected chi connectivity index (χ1v) is 8.81. The van der Waals surface area contributed by atoms with Crippen molar-refractivity contribution in [2.24, 2.45) is 7.05 Å². The van der Waals surface area contributed by atoms with Crippen molar-refractivity contribution in [3.05, 3.63) is 42.6 Å². The van der Waals surface area contributed by atoms with Crippen molar-refractivity contribution in [3.8, 4) is 5.75 Å². The predicted molar refractivity (Wildman–Crippen MR) is 99.4 cm³/mol. The van der Waals surface area contributed by atoms with Crippen molar-refractivity contribution in [1.29, 1.82) is 0 Å². The molecule has 1 aromatic carbocycles. The van der Waals surface area contributed by atoms with E-state index >= 15 is 0 Å². The summed E-state index contributed by atoms with van der Waals surface area (Å²) in [7, 11) is 3.58. The SMILES string of the molecule is COc1cccc2c(N3CCCC(O)(Cc4nncn4C)C3)nccc12. The van der Waals surface area contributed by atoms with Crippen LogP contribution in [0.1, 0.15) is 18.7 Å². The number of ether oxygens (including phenoxy) is 1. The molecule has 1 atom stereocenters. The summed E-state index contributed by atoms with van der Waals surface area (Å²) >= 11 is 0. The van der Waals surface area contributed by atoms with Crippen LogP contribution in [0.5, 0.6) is 5.75 Å². The fourth-order valence-corrected chi connectivity index (χ4v) is 3.79. The van der Waals surface area contributed by atoms with E-state index in [2.05, 4.69) is 26.1 Å². The lowest BCUT2D eigenvalue weighted by Gasteiger charge is -2.40. The molecule has 136 valence electrons. The number of rotatable bonds is 4. The minimum Gasteiger partial charge on any atom is -0.496 e. The summed E-state index contributed by atoms with van der Waals surface area (Å²) in [6, 6.07) is 7.94. The Labute approximate surface area is 152 Å². The van der Waals surface area contributed by atoms with E-state index in [0.717, 1.165) is 47.6 Å². The standard InChI is InChI=1S/C19H23N5O2/c1-23-13-21-22-17(23)11-19(25)8-4-10-24(12-19)18-15-5-3-6-16(26-2)14(15)7-9-20-18/h3,5-7,9,13,25H,4,8,10-12H2,1-2H3. The molecule has 1 fully saturated rings. The van der Waals surface area contributed by atoms with E-state index in [-0.39, 0.29) is 0 Å². The van der Waals surface area contributed by atoms with Crippen LogP contribution in [0, 0.1) is 0 Å². The van der Waals surface area contributed by atoms with Gasteiger partial charge in [-0.25, -0.2) is 4.98 Å². The molecule has 1 aliphatic heterocycles. The lowest BCUT2D eigenvalue weighted by atomic mass is 9.89. The molecule has 7 heteroatoms. The molecule has 0 aliphatic carbocycles. The van der Waals surface area contributed by atoms with Crippen molar-refractivity contribution >= 4 is 16.6 Å². The monoisotopic (exact) mass is 353 g/mol. The van der Waals surface area contributed by atoms with E-state index in [1.807, 2.05) is 29.8 Å². The van der Waals surface area contributed by atoms with Gasteiger partial charge >= 0.3 is 0 Å². The summed E-state index contributed by atoms with van der Waals surface area (Å²) in [4.78, 5) is 6.78. The summed E-state index contributed by atoms with van der Waals surface area (Å²) < 4.78 is 7.34. The van der Waals surface area contributed by atoms with Crippen LogP contribution < -0.4 is 9.64 Å². The van der Waals surface area contributed by atoms with Gasteiger partial charge in [-0.2, -0.15) is 0 Å². The van der Waals surface area contributed by atoms with Crippen molar-refractivity contribution < 1.29 is 9.84 Å². The van der Waals surface area contributed by atoms with Crippen LogP contribution in [0.2, 0.25) is 0 Å². The first kappa shape index (κ1) is 16.8. The average molecular weight is 353 g/mol. The molecule has 0 spiro atoms. The van der Waals surface area contributed by atoms with Gasteiger partial charge in [-0.05, 0) is 25.0 Å². The lowest BCUT2D eigenvalue weighted by molar-refractivity contribution is 0.0237. The highest BCUT2D eigenvalue weighted by atomic mass is 16.5. The first-order chi connectivity index (χ1) is 12.6. The van der Waals surface area contributed by atoms with Gasteiger partial charge < -0.3 is 19.3 Å². The number of aromatic nitrogens is 4. The second kappa shape index (κ2) is 6.57. The van der Waals surface area contributed by atoms with Crippen LogP contribution in [0.15, 0.2) is 36.8 Å². The maximum absolute atomic E-state index is 11.2. The fourth-order valence-electron chi connectivity index (χ4n) is 3.79. The molecular formula is C19H23N5O2. The fraction of sp³-hybridized carbons (Fsp3) is 0.421. The van der Waals surface area contributed by atoms with Gasteiger partial charge in [-0.1, -0.05) is 12.1 Å². The van der Waals surface area contributed by atoms with Gasteiger partial charge in [0.05, 0.1) is 12.7 Å². The molecule has 0 radical (unpaired) electrons. The van der Waals surface area contributed by atoms with Crippen molar-refractivity contribution in [1.82, 2.24) is 19.7 Å². The van der Waals surface area contributed by atoms with Crippen LogP contribution in [0.4, 0.5) is 5.82 Å². The number of hydrogen-bond donors (Lipinski definition) is 1. The molecule has 0 bridgehead atoms. The Hall–Kier alpha value is -2.67. The van der Waals surface area contributed by atoms with Gasteiger partial charge in [0.1, 0.15) is 23.7 Å². The summed E-state index contributed by atoms with van der Waals surface area (Å²) in [5.74, 6) is 2.51. The van der Waals surface area contributed by atoms with Crippen LogP contribution >= 0.6 is 0 Å². The Kier molecular flexibility index (Phi) is 4.24. The van der Waals surface area contributed by atoms with Crippen LogP contribution in [-0.4, -0.2) is 50.7 Å². The lowest BCUT2D eigenvalue weighted by Crippen LogP contribution is -2.50. The number of piperidine rings is 1. The number of aryl methyl sites for hydroxylation is 1. The Morgan fingerprint density at radius 3 is 2.92 bits per heavy atom. The molecule has 1 N–H and O–H groups in total. The number of anilines is 1. The maximum atomic E-state index is 11.2. The number of benzene rings is 1. The van der Waals surface area contributed by atoms with Gasteiger partial charge in [-0.15, -0.1) is 10.2 Å². The number of methoxy groups -OCH3 is 1. The highest BCUT2D eigenvalue weighted by Crippen LogP contribution is 2.34. The Morgan fingerprint density at radius 1 is 1.27 bits per heavy atom. The summed E-state index contributed by atoms with van der Waals surface area (Å²) in [6.07, 6.45) is 5.59. The zero-order valence-electron chi connectivity index (χ0n) is 15.1. The molecule has 4 rings (SSSR count). The number of β-amino-alcohol motifs (C(OH)–C–C–N with tert-alkyl or cyclic N) is 1. The molecule has 0 amide bonds. The van der Waals surface area contributed by atoms with Gasteiger partial charge in [0.15, 0.2) is 0 Å². The molecule has 1 unspecified atom stereocenters. The minimum absolute atomic E-state index is 0.480. The molecule has 3 aromatic rings. The van der Waals surface area contributed by atoms with E-state index in [4.69, 9.17) is 4.74 Å². The Bertz CT molecular complexity index is 925. The third kappa shape index (κ3) is 2.99. The van der Waals surface area contributed by atoms with Gasteiger partial charge in [0.25, 0.3) is 0 Å². The summed E-state index contributed by atoms with van der Waals surface area (Å²) in [5, 5.41) is 21.3. The van der Waals surface area contributed by atoms with Crippen LogP contribution in [-0.2, 0) is 13.5 Å². The van der Waals surface area contributed by atoms with Crippen LogP contribution in [0.25, 0.3) is 10.8 Å². The second-order valence-electron chi connectivity index (χ2n) is 6.97. The molecule has 3 heterocycles. The molecule has 2 aromatic heterocycles. The zero-order chi connectivity index (χ0) is 18.1. The zero-order valence-corrected chi connectivity index (χ0v) is 15.1. The quantitative estimate of drug-likeness (QED) is 0.773. The van der Waals surface area contributed by atoms with E-state index in [1.54, 1.807) is 19.6 Å². The number of nitrogens with zero attached hydrogens (tertiary/aromatic N) is 5. The number of hydrogen-bond acceptors (Lipinski definition) is 6. The molecule has 1 saturated heterocycles.